The van der Waals surface area contributed by atoms with Gasteiger partial charge in [-0.25, -0.2) is 9.48 Å². The molecule has 3 aromatic carbocycles. The third-order valence-electron chi connectivity index (χ3n) is 4.92. The molecule has 0 fully saturated rings. The van der Waals surface area contributed by atoms with Crippen molar-refractivity contribution in [1.29, 1.82) is 0 Å². The summed E-state index contributed by atoms with van der Waals surface area (Å²) in [6, 6.07) is 20.4. The molecule has 0 spiro atoms. The van der Waals surface area contributed by atoms with Crippen LogP contribution in [0.25, 0.3) is 11.0 Å². The van der Waals surface area contributed by atoms with Gasteiger partial charge in [-0.1, -0.05) is 71.7 Å². The number of halogens is 2. The van der Waals surface area contributed by atoms with Crippen LogP contribution in [-0.2, 0) is 17.7 Å². The summed E-state index contributed by atoms with van der Waals surface area (Å²) in [5.41, 5.74) is 3.98. The lowest BCUT2D eigenvalue weighted by Crippen LogP contribution is -2.18. The Kier molecular flexibility index (Phi) is 6.02. The van der Waals surface area contributed by atoms with E-state index in [-0.39, 0.29) is 10.6 Å². The second-order valence-corrected chi connectivity index (χ2v) is 7.72. The van der Waals surface area contributed by atoms with Crippen LogP contribution in [0.15, 0.2) is 66.7 Å². The number of hydrogen-bond donors (Lipinski definition) is 0. The van der Waals surface area contributed by atoms with E-state index in [2.05, 4.69) is 17.2 Å². The summed E-state index contributed by atoms with van der Waals surface area (Å²) in [7, 11) is 0. The van der Waals surface area contributed by atoms with E-state index in [0.29, 0.717) is 11.6 Å². The highest BCUT2D eigenvalue weighted by Gasteiger charge is 2.22. The minimum absolute atomic E-state index is 0.249. The van der Waals surface area contributed by atoms with Gasteiger partial charge in [0.25, 0.3) is 0 Å². The van der Waals surface area contributed by atoms with Gasteiger partial charge in [0.05, 0.1) is 22.6 Å². The molecule has 0 saturated carbocycles. The van der Waals surface area contributed by atoms with Gasteiger partial charge in [-0.2, -0.15) is 0 Å². The van der Waals surface area contributed by atoms with Crippen LogP contribution in [0.5, 0.6) is 0 Å². The molecule has 1 atom stereocenters. The van der Waals surface area contributed by atoms with E-state index in [0.717, 1.165) is 23.0 Å². The zero-order chi connectivity index (χ0) is 21.1. The second-order valence-electron chi connectivity index (χ2n) is 6.87. The zero-order valence-electron chi connectivity index (χ0n) is 16.3. The van der Waals surface area contributed by atoms with Crippen molar-refractivity contribution in [3.63, 3.8) is 0 Å². The van der Waals surface area contributed by atoms with Crippen LogP contribution in [-0.4, -0.2) is 21.0 Å². The summed E-state index contributed by atoms with van der Waals surface area (Å²) >= 11 is 12.1. The zero-order valence-corrected chi connectivity index (χ0v) is 17.8. The van der Waals surface area contributed by atoms with Crippen LogP contribution >= 0.6 is 23.2 Å². The number of aryl methyl sites for hydroxylation is 1. The van der Waals surface area contributed by atoms with Crippen molar-refractivity contribution in [1.82, 2.24) is 15.0 Å². The van der Waals surface area contributed by atoms with E-state index in [1.807, 2.05) is 48.5 Å². The number of fused-ring (bicyclic) bond motifs is 1. The van der Waals surface area contributed by atoms with Crippen LogP contribution < -0.4 is 0 Å². The Balaban J connectivity index is 1.66. The minimum Gasteiger partial charge on any atom is -0.452 e. The van der Waals surface area contributed by atoms with Crippen molar-refractivity contribution < 1.29 is 9.53 Å². The topological polar surface area (TPSA) is 57.0 Å². The molecule has 0 aliphatic carbocycles. The van der Waals surface area contributed by atoms with Gasteiger partial charge in [0.2, 0.25) is 0 Å². The maximum absolute atomic E-state index is 12.9. The summed E-state index contributed by atoms with van der Waals surface area (Å²) in [5.74, 6) is -0.523. The van der Waals surface area contributed by atoms with E-state index in [4.69, 9.17) is 27.9 Å². The van der Waals surface area contributed by atoms with Gasteiger partial charge in [-0.05, 0) is 47.9 Å². The third kappa shape index (κ3) is 4.32. The molecule has 1 aromatic heterocycles. The number of nitrogens with zero attached hydrogens (tertiary/aromatic N) is 3. The number of hydrogen-bond acceptors (Lipinski definition) is 4. The van der Waals surface area contributed by atoms with E-state index in [1.54, 1.807) is 16.8 Å². The highest BCUT2D eigenvalue weighted by molar-refractivity contribution is 6.36. The predicted octanol–water partition coefficient (Wildman–Crippen LogP) is 5.90. The number of aromatic nitrogens is 3. The van der Waals surface area contributed by atoms with Crippen molar-refractivity contribution in [2.45, 2.75) is 26.0 Å². The number of esters is 1. The molecule has 0 aliphatic heterocycles. The van der Waals surface area contributed by atoms with Gasteiger partial charge in [0.15, 0.2) is 0 Å². The number of carbonyl (C=O) groups excluding carboxylic acids is 1. The van der Waals surface area contributed by atoms with Gasteiger partial charge >= 0.3 is 5.97 Å². The molecule has 4 aromatic rings. The fourth-order valence-electron chi connectivity index (χ4n) is 3.24. The van der Waals surface area contributed by atoms with E-state index in [9.17, 15) is 4.79 Å². The first kappa shape index (κ1) is 20.4. The fourth-order valence-corrected chi connectivity index (χ4v) is 3.72. The van der Waals surface area contributed by atoms with Gasteiger partial charge in [0, 0.05) is 5.02 Å². The summed E-state index contributed by atoms with van der Waals surface area (Å²) in [6.07, 6.45) is 0.360. The van der Waals surface area contributed by atoms with Gasteiger partial charge in [-0.15, -0.1) is 5.10 Å². The van der Waals surface area contributed by atoms with Crippen molar-refractivity contribution >= 4 is 40.2 Å². The lowest BCUT2D eigenvalue weighted by Gasteiger charge is -2.19. The Labute approximate surface area is 184 Å². The van der Waals surface area contributed by atoms with Crippen LogP contribution in [0.2, 0.25) is 10.0 Å². The average molecular weight is 440 g/mol. The molecule has 5 nitrogen and oxygen atoms in total. The first-order valence-corrected chi connectivity index (χ1v) is 10.3. The van der Waals surface area contributed by atoms with E-state index < -0.39 is 12.1 Å². The summed E-state index contributed by atoms with van der Waals surface area (Å²) < 4.78 is 7.62. The van der Waals surface area contributed by atoms with Gasteiger partial charge in [-0.3, -0.25) is 0 Å². The van der Waals surface area contributed by atoms with Crippen molar-refractivity contribution in [2.24, 2.45) is 0 Å². The predicted molar refractivity (Wildman–Crippen MR) is 118 cm³/mol. The minimum atomic E-state index is -0.569. The molecular weight excluding hydrogens is 421 g/mol. The Bertz CT molecular complexity index is 1190. The standard InChI is InChI=1S/C23H19Cl2N3O2/c1-2-15-7-9-16(10-8-15)22(14-28-21-6-4-3-5-20(21)26-27-28)30-23(29)18-12-11-17(24)13-19(18)25/h3-13,22H,2,14H2,1H3. The van der Waals surface area contributed by atoms with Gasteiger partial charge in [0.1, 0.15) is 11.6 Å². The molecule has 0 N–H and O–H groups in total. The summed E-state index contributed by atoms with van der Waals surface area (Å²) in [6.45, 7) is 2.42. The van der Waals surface area contributed by atoms with Crippen LogP contribution in [0, 0.1) is 0 Å². The molecule has 0 bridgehead atoms. The largest absolute Gasteiger partial charge is 0.452 e. The normalized spacial score (nSPS) is 12.1. The first-order chi connectivity index (χ1) is 14.5. The number of rotatable bonds is 6. The fraction of sp³-hybridized carbons (Fsp3) is 0.174. The number of carbonyl (C=O) groups is 1. The molecule has 1 unspecified atom stereocenters. The molecule has 0 radical (unpaired) electrons. The SMILES string of the molecule is CCc1ccc(C(Cn2nnc3ccccc32)OC(=O)c2ccc(Cl)cc2Cl)cc1. The van der Waals surface area contributed by atoms with Crippen molar-refractivity contribution in [3.8, 4) is 0 Å². The molecule has 4 rings (SSSR count). The Morgan fingerprint density at radius 2 is 1.83 bits per heavy atom. The molecule has 1 heterocycles. The molecular formula is C23H19Cl2N3O2. The molecule has 0 saturated heterocycles. The Morgan fingerprint density at radius 1 is 1.07 bits per heavy atom. The van der Waals surface area contributed by atoms with Crippen LogP contribution in [0.4, 0.5) is 0 Å². The molecule has 152 valence electrons. The van der Waals surface area contributed by atoms with Crippen molar-refractivity contribution in [3.05, 3.63) is 93.5 Å². The number of benzene rings is 3. The molecule has 0 aliphatic rings. The van der Waals surface area contributed by atoms with E-state index in [1.165, 1.54) is 11.6 Å². The molecule has 0 amide bonds. The van der Waals surface area contributed by atoms with Crippen molar-refractivity contribution in [2.75, 3.05) is 0 Å². The maximum atomic E-state index is 12.9. The quantitative estimate of drug-likeness (QED) is 0.351. The lowest BCUT2D eigenvalue weighted by molar-refractivity contribution is 0.0248. The summed E-state index contributed by atoms with van der Waals surface area (Å²) in [4.78, 5) is 12.9. The maximum Gasteiger partial charge on any atom is 0.340 e. The van der Waals surface area contributed by atoms with Gasteiger partial charge < -0.3 is 4.74 Å². The Hall–Kier alpha value is -2.89. The summed E-state index contributed by atoms with van der Waals surface area (Å²) in [5, 5.41) is 9.13. The number of para-hydroxylation sites is 1. The van der Waals surface area contributed by atoms with Crippen LogP contribution in [0.3, 0.4) is 0 Å². The third-order valence-corrected chi connectivity index (χ3v) is 5.47. The Morgan fingerprint density at radius 3 is 2.57 bits per heavy atom. The van der Waals surface area contributed by atoms with Crippen LogP contribution in [0.1, 0.15) is 34.5 Å². The monoisotopic (exact) mass is 439 g/mol. The lowest BCUT2D eigenvalue weighted by atomic mass is 10.1. The average Bonchev–Trinajstić information content (AvgIpc) is 3.16. The molecule has 30 heavy (non-hydrogen) atoms. The molecule has 7 heteroatoms. The first-order valence-electron chi connectivity index (χ1n) is 9.58. The highest BCUT2D eigenvalue weighted by Crippen LogP contribution is 2.27. The second kappa shape index (κ2) is 8.86. The number of ether oxygens (including phenoxy) is 1. The smallest absolute Gasteiger partial charge is 0.340 e. The van der Waals surface area contributed by atoms with E-state index >= 15 is 0 Å². The highest BCUT2D eigenvalue weighted by atomic mass is 35.5.